The molecule has 1 atom stereocenters. The summed E-state index contributed by atoms with van der Waals surface area (Å²) in [6, 6.07) is -0.530. The SMILES string of the molecule is CC(C)(C)OC(=O)N1CCCOC[C@H]1C=O. The van der Waals surface area contributed by atoms with Crippen LogP contribution in [0.4, 0.5) is 4.79 Å². The molecule has 1 saturated heterocycles. The summed E-state index contributed by atoms with van der Waals surface area (Å²) in [6.07, 6.45) is 1.01. The molecule has 5 nitrogen and oxygen atoms in total. The van der Waals surface area contributed by atoms with Crippen molar-refractivity contribution in [2.45, 2.75) is 38.8 Å². The zero-order valence-electron chi connectivity index (χ0n) is 10.1. The van der Waals surface area contributed by atoms with Crippen molar-refractivity contribution < 1.29 is 19.1 Å². The van der Waals surface area contributed by atoms with E-state index in [-0.39, 0.29) is 6.61 Å². The lowest BCUT2D eigenvalue weighted by molar-refractivity contribution is -0.113. The maximum atomic E-state index is 11.8. The first-order chi connectivity index (χ1) is 7.44. The largest absolute Gasteiger partial charge is 0.444 e. The van der Waals surface area contributed by atoms with Gasteiger partial charge >= 0.3 is 6.09 Å². The van der Waals surface area contributed by atoms with E-state index in [1.807, 2.05) is 0 Å². The second-order valence-corrected chi connectivity index (χ2v) is 4.81. The summed E-state index contributed by atoms with van der Waals surface area (Å²) in [4.78, 5) is 24.1. The molecule has 1 aliphatic heterocycles. The Kier molecular flexibility index (Phi) is 4.29. The molecule has 0 radical (unpaired) electrons. The lowest BCUT2D eigenvalue weighted by Gasteiger charge is -2.29. The molecule has 16 heavy (non-hydrogen) atoms. The number of ether oxygens (including phenoxy) is 2. The highest BCUT2D eigenvalue weighted by Gasteiger charge is 2.29. The highest BCUT2D eigenvalue weighted by molar-refractivity contribution is 5.73. The molecule has 0 aromatic carbocycles. The molecule has 1 aliphatic rings. The van der Waals surface area contributed by atoms with Crippen LogP contribution in [0.1, 0.15) is 27.2 Å². The van der Waals surface area contributed by atoms with E-state index in [2.05, 4.69) is 0 Å². The molecule has 92 valence electrons. The normalized spacial score (nSPS) is 22.4. The average molecular weight is 229 g/mol. The topological polar surface area (TPSA) is 55.8 Å². The first-order valence-corrected chi connectivity index (χ1v) is 5.47. The number of hydrogen-bond acceptors (Lipinski definition) is 4. The fourth-order valence-corrected chi connectivity index (χ4v) is 1.46. The van der Waals surface area contributed by atoms with E-state index in [9.17, 15) is 9.59 Å². The zero-order chi connectivity index (χ0) is 12.2. The Hall–Kier alpha value is -1.10. The third kappa shape index (κ3) is 3.81. The number of carbonyl (C=O) groups excluding carboxylic acids is 2. The van der Waals surface area contributed by atoms with E-state index in [0.29, 0.717) is 13.2 Å². The van der Waals surface area contributed by atoms with Crippen LogP contribution in [-0.2, 0) is 14.3 Å². The molecule has 1 rings (SSSR count). The molecule has 0 N–H and O–H groups in total. The highest BCUT2D eigenvalue weighted by Crippen LogP contribution is 2.13. The van der Waals surface area contributed by atoms with Gasteiger partial charge in [-0.25, -0.2) is 4.79 Å². The van der Waals surface area contributed by atoms with Gasteiger partial charge in [0.05, 0.1) is 6.61 Å². The molecule has 0 unspecified atom stereocenters. The Labute approximate surface area is 95.7 Å². The predicted octanol–water partition coefficient (Wildman–Crippen LogP) is 1.21. The first kappa shape index (κ1) is 13.0. The minimum atomic E-state index is -0.544. The van der Waals surface area contributed by atoms with Crippen LogP contribution in [0.15, 0.2) is 0 Å². The van der Waals surface area contributed by atoms with Crippen LogP contribution in [-0.4, -0.2) is 48.7 Å². The van der Waals surface area contributed by atoms with Crippen molar-refractivity contribution >= 4 is 12.4 Å². The molecule has 1 fully saturated rings. The fraction of sp³-hybridized carbons (Fsp3) is 0.818. The van der Waals surface area contributed by atoms with Crippen LogP contribution in [0.3, 0.4) is 0 Å². The summed E-state index contributed by atoms with van der Waals surface area (Å²) in [6.45, 7) is 6.73. The van der Waals surface area contributed by atoms with Crippen molar-refractivity contribution in [2.24, 2.45) is 0 Å². The molecule has 5 heteroatoms. The van der Waals surface area contributed by atoms with Crippen LogP contribution in [0.2, 0.25) is 0 Å². The van der Waals surface area contributed by atoms with Gasteiger partial charge in [0.1, 0.15) is 17.9 Å². The molecule has 0 bridgehead atoms. The number of aldehydes is 1. The maximum absolute atomic E-state index is 11.8. The number of amides is 1. The van der Waals surface area contributed by atoms with Crippen LogP contribution in [0.5, 0.6) is 0 Å². The Morgan fingerprint density at radius 3 is 2.75 bits per heavy atom. The lowest BCUT2D eigenvalue weighted by atomic mass is 10.2. The Bertz CT molecular complexity index is 259. The second-order valence-electron chi connectivity index (χ2n) is 4.81. The number of nitrogens with zero attached hydrogens (tertiary/aromatic N) is 1. The minimum Gasteiger partial charge on any atom is -0.444 e. The Balaban J connectivity index is 2.66. The third-order valence-electron chi connectivity index (χ3n) is 2.16. The van der Waals surface area contributed by atoms with Gasteiger partial charge < -0.3 is 14.3 Å². The predicted molar refractivity (Wildman–Crippen MR) is 58.2 cm³/mol. The monoisotopic (exact) mass is 229 g/mol. The smallest absolute Gasteiger partial charge is 0.410 e. The number of hydrogen-bond donors (Lipinski definition) is 0. The van der Waals surface area contributed by atoms with E-state index in [4.69, 9.17) is 9.47 Å². The van der Waals surface area contributed by atoms with Crippen LogP contribution in [0, 0.1) is 0 Å². The molecular weight excluding hydrogens is 210 g/mol. The van der Waals surface area contributed by atoms with Gasteiger partial charge in [-0.15, -0.1) is 0 Å². The van der Waals surface area contributed by atoms with Crippen LogP contribution < -0.4 is 0 Å². The summed E-state index contributed by atoms with van der Waals surface area (Å²) in [5, 5.41) is 0. The van der Waals surface area contributed by atoms with E-state index >= 15 is 0 Å². The molecule has 0 aliphatic carbocycles. The molecule has 0 aromatic rings. The van der Waals surface area contributed by atoms with Gasteiger partial charge in [-0.2, -0.15) is 0 Å². The van der Waals surface area contributed by atoms with Crippen molar-refractivity contribution in [3.05, 3.63) is 0 Å². The summed E-state index contributed by atoms with van der Waals surface area (Å²) in [5.41, 5.74) is -0.544. The van der Waals surface area contributed by atoms with Crippen LogP contribution >= 0.6 is 0 Å². The van der Waals surface area contributed by atoms with Gasteiger partial charge in [0.2, 0.25) is 0 Å². The molecule has 0 saturated carbocycles. The molecular formula is C11H19NO4. The summed E-state index contributed by atoms with van der Waals surface area (Å²) in [7, 11) is 0. The number of carbonyl (C=O) groups is 2. The summed E-state index contributed by atoms with van der Waals surface area (Å²) < 4.78 is 10.5. The van der Waals surface area contributed by atoms with Gasteiger partial charge in [-0.1, -0.05) is 0 Å². The van der Waals surface area contributed by atoms with Crippen LogP contribution in [0.25, 0.3) is 0 Å². The van der Waals surface area contributed by atoms with E-state index in [0.717, 1.165) is 12.7 Å². The van der Waals surface area contributed by atoms with E-state index in [1.54, 1.807) is 20.8 Å². The van der Waals surface area contributed by atoms with Crippen molar-refractivity contribution in [3.8, 4) is 0 Å². The Morgan fingerprint density at radius 2 is 2.19 bits per heavy atom. The molecule has 0 spiro atoms. The maximum Gasteiger partial charge on any atom is 0.410 e. The standard InChI is InChI=1S/C11H19NO4/c1-11(2,3)16-10(14)12-5-4-6-15-8-9(12)7-13/h7,9H,4-6,8H2,1-3H3/t9-/m1/s1. The molecule has 1 heterocycles. The fourth-order valence-electron chi connectivity index (χ4n) is 1.46. The van der Waals surface area contributed by atoms with Gasteiger partial charge in [-0.3, -0.25) is 4.90 Å². The van der Waals surface area contributed by atoms with Gasteiger partial charge in [0, 0.05) is 13.2 Å². The van der Waals surface area contributed by atoms with Gasteiger partial charge in [0.25, 0.3) is 0 Å². The van der Waals surface area contributed by atoms with Crippen molar-refractivity contribution in [2.75, 3.05) is 19.8 Å². The summed E-state index contributed by atoms with van der Waals surface area (Å²) in [5.74, 6) is 0. The lowest BCUT2D eigenvalue weighted by Crippen LogP contribution is -2.45. The number of rotatable bonds is 1. The van der Waals surface area contributed by atoms with E-state index in [1.165, 1.54) is 4.90 Å². The third-order valence-corrected chi connectivity index (χ3v) is 2.16. The van der Waals surface area contributed by atoms with Crippen molar-refractivity contribution in [3.63, 3.8) is 0 Å². The van der Waals surface area contributed by atoms with Crippen molar-refractivity contribution in [1.82, 2.24) is 4.90 Å². The average Bonchev–Trinajstić information content (AvgIpc) is 2.39. The molecule has 1 amide bonds. The summed E-state index contributed by atoms with van der Waals surface area (Å²) >= 11 is 0. The molecule has 0 aromatic heterocycles. The highest BCUT2D eigenvalue weighted by atomic mass is 16.6. The van der Waals surface area contributed by atoms with Gasteiger partial charge in [-0.05, 0) is 27.2 Å². The van der Waals surface area contributed by atoms with E-state index < -0.39 is 17.7 Å². The first-order valence-electron chi connectivity index (χ1n) is 5.47. The Morgan fingerprint density at radius 1 is 1.50 bits per heavy atom. The van der Waals surface area contributed by atoms with Crippen molar-refractivity contribution in [1.29, 1.82) is 0 Å². The van der Waals surface area contributed by atoms with Gasteiger partial charge in [0.15, 0.2) is 0 Å². The second kappa shape index (κ2) is 5.30. The minimum absolute atomic E-state index is 0.253. The quantitative estimate of drug-likeness (QED) is 0.634. The zero-order valence-corrected chi connectivity index (χ0v) is 10.1.